The second-order valence-electron chi connectivity index (χ2n) is 2.27. The summed E-state index contributed by atoms with van der Waals surface area (Å²) < 4.78 is 20.7. The lowest BCUT2D eigenvalue weighted by Gasteiger charge is -2.32. The lowest BCUT2D eigenvalue weighted by atomic mass is 10.3. The van der Waals surface area contributed by atoms with Gasteiger partial charge in [0.1, 0.15) is 0 Å². The molecule has 1 aliphatic rings. The van der Waals surface area contributed by atoms with Crippen molar-refractivity contribution in [2.75, 3.05) is 11.5 Å². The Hall–Kier alpha value is -0.130. The Morgan fingerprint density at radius 1 is 1.25 bits per heavy atom. The molecule has 0 amide bonds. The lowest BCUT2D eigenvalue weighted by Crippen LogP contribution is -2.67. The normalized spacial score (nSPS) is 31.2. The molecular weight excluding hydrogens is 128 g/mol. The summed E-state index contributed by atoms with van der Waals surface area (Å²) in [5, 5.41) is 0. The van der Waals surface area contributed by atoms with Crippen molar-refractivity contribution >= 4 is 9.84 Å². The molecule has 0 unspecified atom stereocenters. The second kappa shape index (κ2) is 1.23. The molecule has 0 aromatic rings. The van der Waals surface area contributed by atoms with Gasteiger partial charge in [0.2, 0.25) is 0 Å². The van der Waals surface area contributed by atoms with E-state index in [0.717, 1.165) is 0 Å². The number of hydrogen-bond acceptors (Lipinski definition) is 4. The minimum atomic E-state index is -2.84. The van der Waals surface area contributed by atoms with E-state index in [0.29, 0.717) is 0 Å². The van der Waals surface area contributed by atoms with Crippen LogP contribution in [0, 0.1) is 0 Å². The molecule has 0 saturated carbocycles. The quantitative estimate of drug-likeness (QED) is 0.378. The molecule has 0 atom stereocenters. The summed E-state index contributed by atoms with van der Waals surface area (Å²) in [6, 6.07) is 0. The molecule has 0 aromatic carbocycles. The van der Waals surface area contributed by atoms with Crippen molar-refractivity contribution in [3.05, 3.63) is 0 Å². The maximum atomic E-state index is 10.3. The molecule has 0 aromatic heterocycles. The highest BCUT2D eigenvalue weighted by Crippen LogP contribution is 2.13. The Kier molecular flexibility index (Phi) is 0.922. The van der Waals surface area contributed by atoms with Crippen molar-refractivity contribution in [3.8, 4) is 0 Å². The van der Waals surface area contributed by atoms with Crippen LogP contribution in [0.3, 0.4) is 0 Å². The fraction of sp³-hybridized carbons (Fsp3) is 1.00. The molecule has 0 radical (unpaired) electrons. The van der Waals surface area contributed by atoms with Gasteiger partial charge in [-0.25, -0.2) is 8.42 Å². The fourth-order valence-corrected chi connectivity index (χ4v) is 2.33. The van der Waals surface area contributed by atoms with E-state index in [4.69, 9.17) is 11.5 Å². The number of sulfone groups is 1. The maximum absolute atomic E-state index is 10.3. The van der Waals surface area contributed by atoms with E-state index >= 15 is 0 Å². The van der Waals surface area contributed by atoms with E-state index in [-0.39, 0.29) is 11.5 Å². The molecule has 5 heteroatoms. The zero-order chi connectivity index (χ0) is 6.41. The summed E-state index contributed by atoms with van der Waals surface area (Å²) >= 11 is 0. The molecule has 4 nitrogen and oxygen atoms in total. The predicted octanol–water partition coefficient (Wildman–Crippen LogP) is -1.97. The summed E-state index contributed by atoms with van der Waals surface area (Å²) in [7, 11) is -2.84. The average molecular weight is 136 g/mol. The number of rotatable bonds is 0. The van der Waals surface area contributed by atoms with Crippen LogP contribution in [-0.2, 0) is 9.84 Å². The minimum absolute atomic E-state index is 0.0694. The summed E-state index contributed by atoms with van der Waals surface area (Å²) in [5.74, 6) is -0.139. The molecule has 0 bridgehead atoms. The van der Waals surface area contributed by atoms with E-state index in [1.54, 1.807) is 0 Å². The highest BCUT2D eigenvalue weighted by molar-refractivity contribution is 7.93. The van der Waals surface area contributed by atoms with Gasteiger partial charge in [-0.05, 0) is 0 Å². The summed E-state index contributed by atoms with van der Waals surface area (Å²) in [5.41, 5.74) is 9.46. The SMILES string of the molecule is NC1(N)CS(=O)(=O)C1. The van der Waals surface area contributed by atoms with Crippen molar-refractivity contribution in [1.82, 2.24) is 0 Å². The molecule has 0 spiro atoms. The number of nitrogens with two attached hydrogens (primary N) is 2. The van der Waals surface area contributed by atoms with E-state index in [1.165, 1.54) is 0 Å². The molecule has 1 aliphatic heterocycles. The van der Waals surface area contributed by atoms with Crippen LogP contribution >= 0.6 is 0 Å². The largest absolute Gasteiger partial charge is 0.312 e. The van der Waals surface area contributed by atoms with Gasteiger partial charge in [-0.2, -0.15) is 0 Å². The lowest BCUT2D eigenvalue weighted by molar-refractivity contribution is 0.470. The molecule has 1 heterocycles. The van der Waals surface area contributed by atoms with Crippen LogP contribution in [-0.4, -0.2) is 25.6 Å². The first-order valence-corrected chi connectivity index (χ1v) is 4.02. The summed E-state index contributed by atoms with van der Waals surface area (Å²) in [6.07, 6.45) is 0. The van der Waals surface area contributed by atoms with Gasteiger partial charge >= 0.3 is 0 Å². The van der Waals surface area contributed by atoms with E-state index in [9.17, 15) is 8.42 Å². The van der Waals surface area contributed by atoms with Crippen molar-refractivity contribution in [1.29, 1.82) is 0 Å². The number of hydrogen-bond donors (Lipinski definition) is 2. The zero-order valence-electron chi connectivity index (χ0n) is 4.29. The molecule has 1 saturated heterocycles. The van der Waals surface area contributed by atoms with Crippen LogP contribution in [0.1, 0.15) is 0 Å². The summed E-state index contributed by atoms with van der Waals surface area (Å²) in [6.45, 7) is 0. The smallest absolute Gasteiger partial charge is 0.156 e. The molecule has 8 heavy (non-hydrogen) atoms. The third-order valence-electron chi connectivity index (χ3n) is 0.977. The van der Waals surface area contributed by atoms with Crippen LogP contribution in [0.2, 0.25) is 0 Å². The first-order valence-electron chi connectivity index (χ1n) is 2.20. The molecule has 1 rings (SSSR count). The van der Waals surface area contributed by atoms with Crippen molar-refractivity contribution < 1.29 is 8.42 Å². The zero-order valence-corrected chi connectivity index (χ0v) is 5.11. The van der Waals surface area contributed by atoms with Gasteiger partial charge in [0.05, 0.1) is 17.2 Å². The minimum Gasteiger partial charge on any atom is -0.312 e. The Labute approximate surface area is 47.8 Å². The van der Waals surface area contributed by atoms with Crippen molar-refractivity contribution in [2.45, 2.75) is 5.66 Å². The first-order chi connectivity index (χ1) is 3.41. The van der Waals surface area contributed by atoms with Gasteiger partial charge in [-0.1, -0.05) is 0 Å². The van der Waals surface area contributed by atoms with E-state index in [1.807, 2.05) is 0 Å². The Bertz CT molecular complexity index is 179. The first kappa shape index (κ1) is 6.00. The molecule has 4 N–H and O–H groups in total. The van der Waals surface area contributed by atoms with E-state index < -0.39 is 15.5 Å². The topological polar surface area (TPSA) is 86.2 Å². The van der Waals surface area contributed by atoms with Crippen molar-refractivity contribution in [2.24, 2.45) is 11.5 Å². The third-order valence-corrected chi connectivity index (χ3v) is 2.93. The Morgan fingerprint density at radius 2 is 1.62 bits per heavy atom. The van der Waals surface area contributed by atoms with Gasteiger partial charge in [-0.15, -0.1) is 0 Å². The highest BCUT2D eigenvalue weighted by Gasteiger charge is 2.41. The van der Waals surface area contributed by atoms with Gasteiger partial charge in [-0.3, -0.25) is 0 Å². The maximum Gasteiger partial charge on any atom is 0.156 e. The Balaban J connectivity index is 2.68. The van der Waals surface area contributed by atoms with Gasteiger partial charge in [0.15, 0.2) is 9.84 Å². The van der Waals surface area contributed by atoms with Crippen LogP contribution in [0.15, 0.2) is 0 Å². The molecule has 0 aliphatic carbocycles. The van der Waals surface area contributed by atoms with Gasteiger partial charge < -0.3 is 11.5 Å². The fourth-order valence-electron chi connectivity index (χ4n) is 0.777. The van der Waals surface area contributed by atoms with Crippen molar-refractivity contribution in [3.63, 3.8) is 0 Å². The van der Waals surface area contributed by atoms with Gasteiger partial charge in [0.25, 0.3) is 0 Å². The monoisotopic (exact) mass is 136 g/mol. The molecular formula is C3H8N2O2S. The van der Waals surface area contributed by atoms with Gasteiger partial charge in [0, 0.05) is 0 Å². The van der Waals surface area contributed by atoms with Crippen LogP contribution in [0.25, 0.3) is 0 Å². The summed E-state index contributed by atoms with van der Waals surface area (Å²) in [4.78, 5) is 0. The second-order valence-corrected chi connectivity index (χ2v) is 4.33. The Morgan fingerprint density at radius 3 is 1.62 bits per heavy atom. The molecule has 1 fully saturated rings. The van der Waals surface area contributed by atoms with Crippen LogP contribution in [0.5, 0.6) is 0 Å². The van der Waals surface area contributed by atoms with Crippen LogP contribution in [0.4, 0.5) is 0 Å². The predicted molar refractivity (Wildman–Crippen MR) is 29.8 cm³/mol. The van der Waals surface area contributed by atoms with E-state index in [2.05, 4.69) is 0 Å². The highest BCUT2D eigenvalue weighted by atomic mass is 32.2. The molecule has 48 valence electrons. The third kappa shape index (κ3) is 0.988. The average Bonchev–Trinajstić information content (AvgIpc) is 1.20. The standard InChI is InChI=1S/C3H8N2O2S/c4-3(5)1-8(6,7)2-3/h1-2,4-5H2. The van der Waals surface area contributed by atoms with Crippen LogP contribution < -0.4 is 11.5 Å².